The van der Waals surface area contributed by atoms with Crippen molar-refractivity contribution in [2.75, 3.05) is 6.54 Å². The number of guanidine groups is 1. The Hall–Kier alpha value is -3.87. The molecule has 0 spiro atoms. The highest BCUT2D eigenvalue weighted by atomic mass is 16.5. The lowest BCUT2D eigenvalue weighted by atomic mass is 9.63. The van der Waals surface area contributed by atoms with Crippen LogP contribution in [-0.4, -0.2) is 27.5 Å². The van der Waals surface area contributed by atoms with Gasteiger partial charge in [0, 0.05) is 12.1 Å². The molecule has 2 aliphatic rings. The zero-order valence-electron chi connectivity index (χ0n) is 23.3. The molecule has 1 atom stereocenters. The molecule has 6 rings (SSSR count). The zero-order valence-corrected chi connectivity index (χ0v) is 23.3. The summed E-state index contributed by atoms with van der Waals surface area (Å²) >= 11 is 0. The molecule has 1 unspecified atom stereocenters. The van der Waals surface area contributed by atoms with E-state index in [4.69, 9.17) is 20.4 Å². The fraction of sp³-hybridized carbons (Fsp3) is 0.406. The summed E-state index contributed by atoms with van der Waals surface area (Å²) in [5.74, 6) is 1.94. The molecule has 1 saturated heterocycles. The molecule has 3 aromatic carbocycles. The first-order valence-electron chi connectivity index (χ1n) is 13.9. The van der Waals surface area contributed by atoms with Crippen molar-refractivity contribution in [2.24, 2.45) is 5.73 Å². The standard InChI is InChI=1S/C32H37N5O2/c1-31(2)13-14-32(3,4)26-16-20(7-12-25(26)31)19-38-24-11-10-21-17-23(9-8-22(21)18-24)28-35-29(39-36-28)27-6-5-15-37(27)30(33)34/h7-12,16-18,27H,5-6,13-15,19H2,1-4H3,(H3,33,34). The summed E-state index contributed by atoms with van der Waals surface area (Å²) < 4.78 is 11.8. The summed E-state index contributed by atoms with van der Waals surface area (Å²) in [5, 5.41) is 14.2. The minimum absolute atomic E-state index is 0.0420. The van der Waals surface area contributed by atoms with E-state index in [-0.39, 0.29) is 22.8 Å². The van der Waals surface area contributed by atoms with Crippen LogP contribution in [0.25, 0.3) is 22.2 Å². The van der Waals surface area contributed by atoms with Gasteiger partial charge in [0.15, 0.2) is 5.96 Å². The van der Waals surface area contributed by atoms with Gasteiger partial charge in [0.25, 0.3) is 0 Å². The van der Waals surface area contributed by atoms with Crippen LogP contribution in [0.5, 0.6) is 5.75 Å². The van der Waals surface area contributed by atoms with E-state index in [0.717, 1.165) is 41.5 Å². The van der Waals surface area contributed by atoms with Crippen LogP contribution in [-0.2, 0) is 17.4 Å². The average Bonchev–Trinajstić information content (AvgIpc) is 3.60. The van der Waals surface area contributed by atoms with Crippen LogP contribution in [0.15, 0.2) is 59.1 Å². The highest BCUT2D eigenvalue weighted by Gasteiger charge is 2.37. The number of nitrogens with two attached hydrogens (primary N) is 1. The van der Waals surface area contributed by atoms with Crippen LogP contribution in [0.3, 0.4) is 0 Å². The third-order valence-electron chi connectivity index (χ3n) is 8.68. The number of fused-ring (bicyclic) bond motifs is 2. The molecule has 2 heterocycles. The Balaban J connectivity index is 1.18. The number of aromatic nitrogens is 2. The Kier molecular flexibility index (Phi) is 6.12. The molecule has 0 saturated carbocycles. The second kappa shape index (κ2) is 9.40. The summed E-state index contributed by atoms with van der Waals surface area (Å²) in [6.45, 7) is 10.7. The average molecular weight is 524 g/mol. The molecule has 39 heavy (non-hydrogen) atoms. The van der Waals surface area contributed by atoms with Crippen LogP contribution >= 0.6 is 0 Å². The van der Waals surface area contributed by atoms with Crippen molar-refractivity contribution in [2.45, 2.75) is 76.9 Å². The molecular formula is C32H37N5O2. The fourth-order valence-electron chi connectivity index (χ4n) is 6.14. The monoisotopic (exact) mass is 523 g/mol. The van der Waals surface area contributed by atoms with Gasteiger partial charge in [0.2, 0.25) is 11.7 Å². The number of hydrogen-bond donors (Lipinski definition) is 2. The van der Waals surface area contributed by atoms with Gasteiger partial charge in [-0.25, -0.2) is 0 Å². The number of nitrogens with one attached hydrogen (secondary N) is 1. The zero-order chi connectivity index (χ0) is 27.4. The number of ether oxygens (including phenoxy) is 1. The summed E-state index contributed by atoms with van der Waals surface area (Å²) in [5.41, 5.74) is 11.1. The van der Waals surface area contributed by atoms with Crippen molar-refractivity contribution in [1.82, 2.24) is 15.0 Å². The maximum absolute atomic E-state index is 7.80. The minimum Gasteiger partial charge on any atom is -0.489 e. The smallest absolute Gasteiger partial charge is 0.249 e. The van der Waals surface area contributed by atoms with Crippen molar-refractivity contribution in [3.63, 3.8) is 0 Å². The number of rotatable bonds is 5. The summed E-state index contributed by atoms with van der Waals surface area (Å²) in [7, 11) is 0. The lowest BCUT2D eigenvalue weighted by Gasteiger charge is -2.42. The van der Waals surface area contributed by atoms with Gasteiger partial charge < -0.3 is 19.9 Å². The molecule has 1 aliphatic heterocycles. The molecule has 0 bridgehead atoms. The fourth-order valence-corrected chi connectivity index (χ4v) is 6.14. The van der Waals surface area contributed by atoms with E-state index < -0.39 is 0 Å². The van der Waals surface area contributed by atoms with E-state index in [0.29, 0.717) is 18.3 Å². The molecule has 7 nitrogen and oxygen atoms in total. The number of benzene rings is 3. The van der Waals surface area contributed by atoms with Crippen molar-refractivity contribution in [3.8, 4) is 17.1 Å². The van der Waals surface area contributed by atoms with Crippen LogP contribution < -0.4 is 10.5 Å². The summed E-state index contributed by atoms with van der Waals surface area (Å²) in [4.78, 5) is 6.45. The lowest BCUT2D eigenvalue weighted by Crippen LogP contribution is -2.35. The minimum atomic E-state index is -0.128. The predicted octanol–water partition coefficient (Wildman–Crippen LogP) is 6.85. The molecule has 0 amide bonds. The van der Waals surface area contributed by atoms with Gasteiger partial charge in [-0.2, -0.15) is 4.98 Å². The van der Waals surface area contributed by atoms with Gasteiger partial charge in [-0.3, -0.25) is 5.41 Å². The Morgan fingerprint density at radius 2 is 1.74 bits per heavy atom. The highest BCUT2D eigenvalue weighted by molar-refractivity contribution is 5.87. The third kappa shape index (κ3) is 4.75. The maximum atomic E-state index is 7.80. The van der Waals surface area contributed by atoms with Gasteiger partial charge in [0.05, 0.1) is 0 Å². The Morgan fingerprint density at radius 1 is 1.00 bits per heavy atom. The number of nitrogens with zero attached hydrogens (tertiary/aromatic N) is 3. The summed E-state index contributed by atoms with van der Waals surface area (Å²) in [6, 6.07) is 19.1. The van der Waals surface area contributed by atoms with Crippen molar-refractivity contribution >= 4 is 16.7 Å². The van der Waals surface area contributed by atoms with Crippen molar-refractivity contribution < 1.29 is 9.26 Å². The number of hydrogen-bond acceptors (Lipinski definition) is 5. The quantitative estimate of drug-likeness (QED) is 0.219. The summed E-state index contributed by atoms with van der Waals surface area (Å²) in [6.07, 6.45) is 4.22. The third-order valence-corrected chi connectivity index (χ3v) is 8.68. The second-order valence-electron chi connectivity index (χ2n) is 12.4. The SMILES string of the molecule is CC1(C)CCC(C)(C)c2cc(COc3ccc4cc(-c5noc(C6CCCN6C(=N)N)n5)ccc4c3)ccc21. The Morgan fingerprint density at radius 3 is 2.54 bits per heavy atom. The first-order chi connectivity index (χ1) is 18.6. The molecule has 7 heteroatoms. The molecular weight excluding hydrogens is 486 g/mol. The van der Waals surface area contributed by atoms with Gasteiger partial charge in [-0.1, -0.05) is 69.2 Å². The highest BCUT2D eigenvalue weighted by Crippen LogP contribution is 2.46. The maximum Gasteiger partial charge on any atom is 0.249 e. The molecule has 1 aliphatic carbocycles. The largest absolute Gasteiger partial charge is 0.489 e. The van der Waals surface area contributed by atoms with Gasteiger partial charge >= 0.3 is 0 Å². The molecule has 1 fully saturated rings. The normalized spacial score (nSPS) is 19.7. The van der Waals surface area contributed by atoms with Crippen LogP contribution in [0.1, 0.15) is 82.0 Å². The van der Waals surface area contributed by atoms with E-state index in [1.165, 1.54) is 29.5 Å². The molecule has 4 aromatic rings. The van der Waals surface area contributed by atoms with Crippen molar-refractivity contribution in [3.05, 3.63) is 77.2 Å². The Bertz CT molecular complexity index is 1550. The van der Waals surface area contributed by atoms with E-state index in [9.17, 15) is 0 Å². The molecule has 202 valence electrons. The Labute approximate surface area is 229 Å². The van der Waals surface area contributed by atoms with Crippen LogP contribution in [0.2, 0.25) is 0 Å². The van der Waals surface area contributed by atoms with Gasteiger partial charge in [-0.15, -0.1) is 0 Å². The van der Waals surface area contributed by atoms with Gasteiger partial charge in [0.1, 0.15) is 18.4 Å². The topological polar surface area (TPSA) is 101 Å². The van der Waals surface area contributed by atoms with E-state index in [2.05, 4.69) is 80.3 Å². The number of likely N-dealkylation sites (tertiary alicyclic amines) is 1. The van der Waals surface area contributed by atoms with Gasteiger partial charge in [-0.05, 0) is 82.2 Å². The second-order valence-corrected chi connectivity index (χ2v) is 12.4. The molecule has 0 radical (unpaired) electrons. The first-order valence-corrected chi connectivity index (χ1v) is 13.9. The predicted molar refractivity (Wildman–Crippen MR) is 154 cm³/mol. The lowest BCUT2D eigenvalue weighted by molar-refractivity contribution is 0.283. The van der Waals surface area contributed by atoms with E-state index in [1.54, 1.807) is 0 Å². The first kappa shape index (κ1) is 25.4. The van der Waals surface area contributed by atoms with E-state index in [1.807, 2.05) is 17.0 Å². The molecule has 3 N–H and O–H groups in total. The molecule has 1 aromatic heterocycles. The van der Waals surface area contributed by atoms with Crippen LogP contribution in [0.4, 0.5) is 0 Å². The van der Waals surface area contributed by atoms with Crippen molar-refractivity contribution in [1.29, 1.82) is 5.41 Å². The van der Waals surface area contributed by atoms with E-state index >= 15 is 0 Å². The van der Waals surface area contributed by atoms with Crippen LogP contribution in [0, 0.1) is 5.41 Å².